The number of benzene rings is 1. The number of amides is 1. The summed E-state index contributed by atoms with van der Waals surface area (Å²) in [5.74, 6) is 0.913. The second kappa shape index (κ2) is 5.96. The molecule has 0 fully saturated rings. The van der Waals surface area contributed by atoms with Crippen LogP contribution in [0.2, 0.25) is 0 Å². The molecule has 0 bridgehead atoms. The lowest BCUT2D eigenvalue weighted by Crippen LogP contribution is -2.23. The average Bonchev–Trinajstić information content (AvgIpc) is 2.24. The van der Waals surface area contributed by atoms with E-state index in [2.05, 4.69) is 31.7 Å². The number of hydrogen-bond acceptors (Lipinski definition) is 2. The Labute approximate surface area is 108 Å². The van der Waals surface area contributed by atoms with E-state index in [9.17, 15) is 4.79 Å². The molecule has 94 valence electrons. The molecule has 0 radical (unpaired) electrons. The maximum absolute atomic E-state index is 11.0. The van der Waals surface area contributed by atoms with Gasteiger partial charge in [-0.3, -0.25) is 4.79 Å². The monoisotopic (exact) mass is 253 g/mol. The van der Waals surface area contributed by atoms with Gasteiger partial charge in [-0.15, -0.1) is 0 Å². The summed E-state index contributed by atoms with van der Waals surface area (Å²) in [5, 5.41) is -0.214. The van der Waals surface area contributed by atoms with E-state index < -0.39 is 0 Å². The average molecular weight is 253 g/mol. The second-order valence-corrected chi connectivity index (χ2v) is 4.61. The number of nitrogens with zero attached hydrogens (tertiary/aromatic N) is 1. The van der Waals surface area contributed by atoms with Crippen LogP contribution in [0.5, 0.6) is 5.75 Å². The first kappa shape index (κ1) is 13.9. The Bertz CT molecular complexity index is 418. The van der Waals surface area contributed by atoms with Crippen molar-refractivity contribution in [3.63, 3.8) is 0 Å². The number of rotatable bonds is 4. The van der Waals surface area contributed by atoms with Crippen LogP contribution < -0.4 is 4.74 Å². The summed E-state index contributed by atoms with van der Waals surface area (Å²) in [7, 11) is 3.42. The molecule has 0 aliphatic rings. The van der Waals surface area contributed by atoms with E-state index in [-0.39, 0.29) is 5.24 Å². The first-order valence-corrected chi connectivity index (χ1v) is 5.98. The first-order chi connectivity index (χ1) is 7.95. The molecule has 4 heteroatoms. The molecule has 0 atom stereocenters. The zero-order chi connectivity index (χ0) is 13.0. The predicted molar refractivity (Wildman–Crippen MR) is 73.2 cm³/mol. The van der Waals surface area contributed by atoms with Gasteiger partial charge in [0.15, 0.2) is 0 Å². The minimum absolute atomic E-state index is 0.214. The number of methoxy groups -OCH3 is 1. The fourth-order valence-corrected chi connectivity index (χ4v) is 2.00. The third-order valence-electron chi connectivity index (χ3n) is 2.74. The largest absolute Gasteiger partial charge is 0.496 e. The lowest BCUT2D eigenvalue weighted by atomic mass is 10.0. The molecule has 0 aromatic heterocycles. The Morgan fingerprint density at radius 1 is 1.41 bits per heavy atom. The van der Waals surface area contributed by atoms with Gasteiger partial charge in [0.2, 0.25) is 0 Å². The Morgan fingerprint density at radius 2 is 2.06 bits per heavy atom. The van der Waals surface area contributed by atoms with Crippen molar-refractivity contribution < 1.29 is 9.53 Å². The number of carbonyl (C=O) groups excluding carboxylic acids is 1. The highest BCUT2D eigenvalue weighted by atomic mass is 32.1. The number of ether oxygens (including phenoxy) is 1. The summed E-state index contributed by atoms with van der Waals surface area (Å²) in [6.07, 6.45) is 0.772. The van der Waals surface area contributed by atoms with Crippen molar-refractivity contribution in [1.82, 2.24) is 4.90 Å². The Morgan fingerprint density at radius 3 is 2.59 bits per heavy atom. The predicted octanol–water partition coefficient (Wildman–Crippen LogP) is 2.84. The Hall–Kier alpha value is -1.16. The van der Waals surface area contributed by atoms with Gasteiger partial charge >= 0.3 is 0 Å². The number of thiol groups is 1. The molecule has 0 spiro atoms. The molecular formula is C13H19NO2S. The van der Waals surface area contributed by atoms with Gasteiger partial charge in [-0.05, 0) is 31.4 Å². The molecule has 1 rings (SSSR count). The highest BCUT2D eigenvalue weighted by Crippen LogP contribution is 2.25. The van der Waals surface area contributed by atoms with Crippen LogP contribution in [0.25, 0.3) is 0 Å². The highest BCUT2D eigenvalue weighted by molar-refractivity contribution is 7.96. The van der Waals surface area contributed by atoms with Crippen LogP contribution in [0.15, 0.2) is 12.1 Å². The summed E-state index contributed by atoms with van der Waals surface area (Å²) in [4.78, 5) is 12.6. The summed E-state index contributed by atoms with van der Waals surface area (Å²) >= 11 is 3.78. The third-order valence-corrected chi connectivity index (χ3v) is 3.08. The van der Waals surface area contributed by atoms with E-state index in [1.54, 1.807) is 19.1 Å². The van der Waals surface area contributed by atoms with Crippen molar-refractivity contribution in [1.29, 1.82) is 0 Å². The minimum Gasteiger partial charge on any atom is -0.496 e. The zero-order valence-corrected chi connectivity index (χ0v) is 11.7. The van der Waals surface area contributed by atoms with Crippen LogP contribution in [0.4, 0.5) is 4.79 Å². The van der Waals surface area contributed by atoms with Crippen LogP contribution >= 0.6 is 12.6 Å². The van der Waals surface area contributed by atoms with Crippen molar-refractivity contribution in [2.75, 3.05) is 20.7 Å². The summed E-state index contributed by atoms with van der Waals surface area (Å²) < 4.78 is 5.40. The third kappa shape index (κ3) is 3.66. The van der Waals surface area contributed by atoms with Crippen molar-refractivity contribution >= 4 is 17.9 Å². The molecule has 1 aromatic carbocycles. The number of likely N-dealkylation sites (N-methyl/N-ethyl adjacent to an activating group) is 1. The summed E-state index contributed by atoms with van der Waals surface area (Å²) in [5.41, 5.74) is 3.46. The Kier molecular flexibility index (Phi) is 4.87. The van der Waals surface area contributed by atoms with Crippen molar-refractivity contribution in [3.05, 3.63) is 28.8 Å². The van der Waals surface area contributed by atoms with E-state index in [0.717, 1.165) is 23.3 Å². The van der Waals surface area contributed by atoms with Gasteiger partial charge in [0, 0.05) is 13.6 Å². The molecule has 0 saturated heterocycles. The number of carbonyl (C=O) groups is 1. The van der Waals surface area contributed by atoms with Crippen LogP contribution in [0.3, 0.4) is 0 Å². The summed E-state index contributed by atoms with van der Waals surface area (Å²) in [6, 6.07) is 4.19. The van der Waals surface area contributed by atoms with E-state index in [1.165, 1.54) is 5.56 Å². The maximum Gasteiger partial charge on any atom is 0.278 e. The van der Waals surface area contributed by atoms with Crippen molar-refractivity contribution in [2.45, 2.75) is 20.3 Å². The maximum atomic E-state index is 11.0. The number of aryl methyl sites for hydroxylation is 2. The molecule has 0 aliphatic carbocycles. The van der Waals surface area contributed by atoms with Gasteiger partial charge in [-0.25, -0.2) is 0 Å². The van der Waals surface area contributed by atoms with Crippen LogP contribution in [-0.4, -0.2) is 30.8 Å². The van der Waals surface area contributed by atoms with Crippen molar-refractivity contribution in [2.24, 2.45) is 0 Å². The normalized spacial score (nSPS) is 10.2. The molecule has 0 N–H and O–H groups in total. The lowest BCUT2D eigenvalue weighted by Gasteiger charge is -2.17. The molecular weight excluding hydrogens is 234 g/mol. The molecule has 0 saturated carbocycles. The van der Waals surface area contributed by atoms with Gasteiger partial charge in [0.05, 0.1) is 7.11 Å². The van der Waals surface area contributed by atoms with E-state index in [1.807, 2.05) is 6.92 Å². The minimum atomic E-state index is -0.214. The topological polar surface area (TPSA) is 29.5 Å². The van der Waals surface area contributed by atoms with Crippen LogP contribution in [0.1, 0.15) is 16.7 Å². The molecule has 0 heterocycles. The van der Waals surface area contributed by atoms with Gasteiger partial charge in [-0.2, -0.15) is 0 Å². The molecule has 0 unspecified atom stereocenters. The summed E-state index contributed by atoms with van der Waals surface area (Å²) in [6.45, 7) is 4.73. The van der Waals surface area contributed by atoms with Gasteiger partial charge in [0.1, 0.15) is 5.75 Å². The van der Waals surface area contributed by atoms with E-state index in [0.29, 0.717) is 6.54 Å². The fourth-order valence-electron chi connectivity index (χ4n) is 1.90. The fraction of sp³-hybridized carbons (Fsp3) is 0.462. The van der Waals surface area contributed by atoms with E-state index in [4.69, 9.17) is 4.74 Å². The van der Waals surface area contributed by atoms with Crippen LogP contribution in [0, 0.1) is 13.8 Å². The first-order valence-electron chi connectivity index (χ1n) is 5.54. The Balaban J connectivity index is 2.86. The SMILES string of the molecule is COc1c(C)cc(C)cc1CCN(C)C(=O)S. The highest BCUT2D eigenvalue weighted by Gasteiger charge is 2.09. The standard InChI is InChI=1S/C13H19NO2S/c1-9-7-10(2)12(16-4)11(8-9)5-6-14(3)13(15)17/h7-8H,5-6H2,1-4H3,(H,15,17). The van der Waals surface area contributed by atoms with Crippen molar-refractivity contribution in [3.8, 4) is 5.75 Å². The number of hydrogen-bond donors (Lipinski definition) is 1. The lowest BCUT2D eigenvalue weighted by molar-refractivity contribution is 0.234. The smallest absolute Gasteiger partial charge is 0.278 e. The van der Waals surface area contributed by atoms with Gasteiger partial charge in [-0.1, -0.05) is 30.3 Å². The van der Waals surface area contributed by atoms with Crippen LogP contribution in [-0.2, 0) is 6.42 Å². The molecule has 1 aromatic rings. The zero-order valence-electron chi connectivity index (χ0n) is 10.8. The quantitative estimate of drug-likeness (QED) is 0.836. The van der Waals surface area contributed by atoms with E-state index >= 15 is 0 Å². The second-order valence-electron chi connectivity index (χ2n) is 4.23. The molecule has 17 heavy (non-hydrogen) atoms. The molecule has 1 amide bonds. The van der Waals surface area contributed by atoms with Gasteiger partial charge in [0.25, 0.3) is 5.24 Å². The molecule has 0 aliphatic heterocycles. The van der Waals surface area contributed by atoms with Gasteiger partial charge < -0.3 is 9.64 Å². The molecule has 3 nitrogen and oxygen atoms in total.